The van der Waals surface area contributed by atoms with Crippen molar-refractivity contribution in [3.8, 4) is 0 Å². The van der Waals surface area contributed by atoms with Gasteiger partial charge in [-0.25, -0.2) is 0 Å². The maximum Gasteiger partial charge on any atom is 0.138 e. The molecule has 7 nitrogen and oxygen atoms in total. The summed E-state index contributed by atoms with van der Waals surface area (Å²) in [5.74, 6) is 0.617. The van der Waals surface area contributed by atoms with E-state index in [-0.39, 0.29) is 35.6 Å². The molecule has 0 unspecified atom stereocenters. The van der Waals surface area contributed by atoms with Crippen LogP contribution >= 0.6 is 0 Å². The van der Waals surface area contributed by atoms with E-state index in [0.29, 0.717) is 44.9 Å². The Morgan fingerprint density at radius 2 is 1.77 bits per heavy atom. The summed E-state index contributed by atoms with van der Waals surface area (Å²) >= 11 is 0. The molecule has 10 atom stereocenters. The van der Waals surface area contributed by atoms with Gasteiger partial charge in [-0.3, -0.25) is 4.79 Å². The van der Waals surface area contributed by atoms with E-state index >= 15 is 0 Å². The van der Waals surface area contributed by atoms with E-state index in [4.69, 9.17) is 9.47 Å². The molecule has 252 valence electrons. The molecule has 7 heteroatoms. The first-order chi connectivity index (χ1) is 20.5. The quantitative estimate of drug-likeness (QED) is 0.178. The zero-order valence-corrected chi connectivity index (χ0v) is 29.3. The lowest BCUT2D eigenvalue weighted by Crippen LogP contribution is -2.45. The Balaban J connectivity index is 2.33. The first-order valence-corrected chi connectivity index (χ1v) is 16.7. The molecule has 0 aromatic carbocycles. The van der Waals surface area contributed by atoms with Gasteiger partial charge in [-0.15, -0.1) is 0 Å². The molecule has 4 N–H and O–H groups in total. The Hall–Kier alpha value is -1.93. The highest BCUT2D eigenvalue weighted by Crippen LogP contribution is 2.42. The molecule has 1 aliphatic carbocycles. The van der Waals surface area contributed by atoms with Crippen LogP contribution in [-0.2, 0) is 14.3 Å². The van der Waals surface area contributed by atoms with Crippen LogP contribution in [0.3, 0.4) is 0 Å². The summed E-state index contributed by atoms with van der Waals surface area (Å²) < 4.78 is 12.6. The van der Waals surface area contributed by atoms with Gasteiger partial charge < -0.3 is 29.9 Å². The molecule has 1 aliphatic heterocycles. The molecule has 0 aromatic rings. The average molecular weight is 619 g/mol. The number of ketones is 1. The lowest BCUT2D eigenvalue weighted by atomic mass is 9.75. The number of hydrogen-bond donors (Lipinski definition) is 4. The van der Waals surface area contributed by atoms with Crippen LogP contribution in [0.25, 0.3) is 0 Å². The number of allylic oxidation sites excluding steroid dienone is 3. The van der Waals surface area contributed by atoms with Gasteiger partial charge in [0, 0.05) is 49.4 Å². The highest BCUT2D eigenvalue weighted by atomic mass is 16.5. The predicted octanol–water partition coefficient (Wildman–Crippen LogP) is 6.80. The van der Waals surface area contributed by atoms with E-state index in [1.807, 2.05) is 61.5 Å². The van der Waals surface area contributed by atoms with Crippen LogP contribution in [0.2, 0.25) is 0 Å². The van der Waals surface area contributed by atoms with Gasteiger partial charge in [-0.05, 0) is 64.0 Å². The minimum Gasteiger partial charge on any atom is -0.501 e. The van der Waals surface area contributed by atoms with Crippen molar-refractivity contribution in [1.82, 2.24) is 0 Å². The topological polar surface area (TPSA) is 116 Å². The normalized spacial score (nSPS) is 30.9. The largest absolute Gasteiger partial charge is 0.501 e. The van der Waals surface area contributed by atoms with Crippen molar-refractivity contribution >= 4 is 5.78 Å². The number of aliphatic hydroxyl groups is 4. The molecule has 2 bridgehead atoms. The zero-order valence-electron chi connectivity index (χ0n) is 29.3. The van der Waals surface area contributed by atoms with Crippen LogP contribution in [0.1, 0.15) is 114 Å². The van der Waals surface area contributed by atoms with Gasteiger partial charge in [-0.1, -0.05) is 64.8 Å². The van der Waals surface area contributed by atoms with E-state index in [1.165, 1.54) is 0 Å². The van der Waals surface area contributed by atoms with Crippen LogP contribution in [0.4, 0.5) is 0 Å². The summed E-state index contributed by atoms with van der Waals surface area (Å²) in [5, 5.41) is 45.1. The average Bonchev–Trinajstić information content (AvgIpc) is 2.97. The van der Waals surface area contributed by atoms with Crippen LogP contribution in [-0.4, -0.2) is 63.3 Å². The number of ether oxygens (including phenoxy) is 2. The Labute approximate surface area is 267 Å². The van der Waals surface area contributed by atoms with Crippen molar-refractivity contribution < 1.29 is 34.7 Å². The van der Waals surface area contributed by atoms with Gasteiger partial charge in [0.05, 0.1) is 42.5 Å². The molecular formula is C37H62O7. The second kappa shape index (κ2) is 16.6. The molecule has 1 heterocycles. The molecule has 0 fully saturated rings. The number of carbonyl (C=O) groups is 1. The van der Waals surface area contributed by atoms with E-state index in [0.717, 1.165) is 33.8 Å². The van der Waals surface area contributed by atoms with Crippen molar-refractivity contribution in [2.75, 3.05) is 7.11 Å². The van der Waals surface area contributed by atoms with E-state index in [9.17, 15) is 25.2 Å². The lowest BCUT2D eigenvalue weighted by molar-refractivity contribution is -0.126. The Morgan fingerprint density at radius 1 is 1.14 bits per heavy atom. The van der Waals surface area contributed by atoms with Crippen LogP contribution < -0.4 is 0 Å². The maximum atomic E-state index is 12.1. The highest BCUT2D eigenvalue weighted by molar-refractivity contribution is 5.80. The summed E-state index contributed by atoms with van der Waals surface area (Å²) in [5.41, 5.74) is 2.77. The second-order valence-electron chi connectivity index (χ2n) is 14.1. The van der Waals surface area contributed by atoms with Gasteiger partial charge >= 0.3 is 0 Å². The third-order valence-corrected chi connectivity index (χ3v) is 10.2. The SMILES string of the molecule is CCC(=O)[C@H](C)[C@H](O)[C@@H](C)/C=C(\C)C[C@H](C)[C@H](O)[C@H](C)[C@H]1C/C=C(/C)C[C@@](C)(O)[C@@H](O)[C@H](CC)C2=C(OC)CC(C)=C(C2)O1. The number of Topliss-reactive ketones (excluding diaryl/α,β-unsaturated/α-hetero) is 1. The fraction of sp³-hybridized carbons (Fsp3) is 0.757. The fourth-order valence-corrected chi connectivity index (χ4v) is 7.21. The predicted molar refractivity (Wildman–Crippen MR) is 177 cm³/mol. The monoisotopic (exact) mass is 618 g/mol. The van der Waals surface area contributed by atoms with Crippen LogP contribution in [0.15, 0.2) is 46.0 Å². The summed E-state index contributed by atoms with van der Waals surface area (Å²) in [6, 6.07) is 0. The second-order valence-corrected chi connectivity index (χ2v) is 14.1. The molecule has 0 saturated heterocycles. The van der Waals surface area contributed by atoms with Gasteiger partial charge in [0.25, 0.3) is 0 Å². The molecule has 0 spiro atoms. The number of methoxy groups -OCH3 is 1. The standard InChI is InChI=1S/C37H62O7/c1-12-28-29-19-32(23(5)18-33(29)43-11)44-31(15-14-21(3)20-37(10,42)36(28)41)27(9)35(40)25(7)17-22(4)16-24(6)34(39)26(8)30(38)13-2/h14,16,24-28,31,34-36,39-42H,12-13,15,17-20H2,1-11H3/b21-14-,22-16+/t24-,25-,26-,27+,28+,31+,34+,35-,36-,37+/m0/s1. The van der Waals surface area contributed by atoms with E-state index in [2.05, 4.69) is 6.08 Å². The Morgan fingerprint density at radius 3 is 2.34 bits per heavy atom. The fourth-order valence-electron chi connectivity index (χ4n) is 7.21. The first-order valence-electron chi connectivity index (χ1n) is 16.7. The number of fused-ring (bicyclic) bond motifs is 2. The molecular weight excluding hydrogens is 556 g/mol. The van der Waals surface area contributed by atoms with Gasteiger partial charge in [-0.2, -0.15) is 0 Å². The summed E-state index contributed by atoms with van der Waals surface area (Å²) in [6.45, 7) is 19.4. The minimum atomic E-state index is -1.31. The van der Waals surface area contributed by atoms with Gasteiger partial charge in [0.15, 0.2) is 0 Å². The summed E-state index contributed by atoms with van der Waals surface area (Å²) in [4.78, 5) is 12.1. The van der Waals surface area contributed by atoms with Gasteiger partial charge in [0.1, 0.15) is 11.9 Å². The third kappa shape index (κ3) is 9.54. The van der Waals surface area contributed by atoms with Crippen molar-refractivity contribution in [3.63, 3.8) is 0 Å². The zero-order chi connectivity index (χ0) is 33.5. The van der Waals surface area contributed by atoms with Crippen molar-refractivity contribution in [1.29, 1.82) is 0 Å². The maximum absolute atomic E-state index is 12.1. The number of carbonyl (C=O) groups excluding carboxylic acids is 1. The third-order valence-electron chi connectivity index (χ3n) is 10.2. The Bertz CT molecular complexity index is 1100. The van der Waals surface area contributed by atoms with E-state index in [1.54, 1.807) is 21.0 Å². The number of hydrogen-bond acceptors (Lipinski definition) is 7. The summed E-state index contributed by atoms with van der Waals surface area (Å²) in [7, 11) is 1.66. The lowest BCUT2D eigenvalue weighted by Gasteiger charge is -2.39. The molecule has 0 aromatic heterocycles. The molecule has 2 rings (SSSR count). The smallest absolute Gasteiger partial charge is 0.138 e. The minimum absolute atomic E-state index is 0.0590. The highest BCUT2D eigenvalue weighted by Gasteiger charge is 2.41. The van der Waals surface area contributed by atoms with E-state index < -0.39 is 29.8 Å². The van der Waals surface area contributed by atoms with Crippen molar-refractivity contribution in [3.05, 3.63) is 46.0 Å². The van der Waals surface area contributed by atoms with Crippen molar-refractivity contribution in [2.24, 2.45) is 29.6 Å². The molecule has 0 saturated carbocycles. The van der Waals surface area contributed by atoms with Crippen molar-refractivity contribution in [2.45, 2.75) is 144 Å². The molecule has 44 heavy (non-hydrogen) atoms. The molecule has 0 amide bonds. The number of rotatable bonds is 12. The molecule has 2 aliphatic rings. The summed E-state index contributed by atoms with van der Waals surface area (Å²) in [6.07, 6.45) is 5.17. The van der Waals surface area contributed by atoms with Crippen LogP contribution in [0, 0.1) is 29.6 Å². The van der Waals surface area contributed by atoms with Gasteiger partial charge in [0.2, 0.25) is 0 Å². The first kappa shape index (κ1) is 38.3. The Kier molecular flexibility index (Phi) is 14.4. The van der Waals surface area contributed by atoms with Crippen LogP contribution in [0.5, 0.6) is 0 Å². The number of aliphatic hydroxyl groups excluding tert-OH is 3. The molecule has 0 radical (unpaired) electrons.